The molecule has 6 nitrogen and oxygen atoms in total. The van der Waals surface area contributed by atoms with Crippen molar-refractivity contribution < 1.29 is 18.3 Å². The van der Waals surface area contributed by atoms with Crippen molar-refractivity contribution in [1.82, 2.24) is 10.6 Å². The molecule has 1 aliphatic heterocycles. The number of carbonyl (C=O) groups is 1. The summed E-state index contributed by atoms with van der Waals surface area (Å²) in [5.41, 5.74) is 0.620. The Hall–Kier alpha value is -1.31. The largest absolute Gasteiger partial charge is 0.387 e. The second-order valence-electron chi connectivity index (χ2n) is 5.43. The number of hydrogen-bond donors (Lipinski definition) is 3. The number of urea groups is 1. The molecule has 0 bridgehead atoms. The lowest BCUT2D eigenvalue weighted by molar-refractivity contribution is 0.173. The first-order chi connectivity index (χ1) is 10.4. The number of amides is 2. The van der Waals surface area contributed by atoms with Gasteiger partial charge in [-0.1, -0.05) is 23.7 Å². The molecule has 0 radical (unpaired) electrons. The number of nitrogens with one attached hydrogen (secondary N) is 2. The van der Waals surface area contributed by atoms with Crippen molar-refractivity contribution in [2.45, 2.75) is 12.5 Å². The summed E-state index contributed by atoms with van der Waals surface area (Å²) >= 11 is 5.84. The maximum atomic E-state index is 11.7. The predicted molar refractivity (Wildman–Crippen MR) is 84.6 cm³/mol. The molecule has 0 aromatic heterocycles. The zero-order valence-corrected chi connectivity index (χ0v) is 13.5. The molecule has 2 rings (SSSR count). The lowest BCUT2D eigenvalue weighted by atomic mass is 10.1. The first kappa shape index (κ1) is 17.1. The number of hydrogen-bond acceptors (Lipinski definition) is 4. The van der Waals surface area contributed by atoms with Gasteiger partial charge in [0.25, 0.3) is 0 Å². The molecule has 122 valence electrons. The SMILES string of the molecule is O=C(NC[C@H]1CCS(=O)(=O)C1)NC[C@@H](O)c1cccc(Cl)c1. The average Bonchev–Trinajstić information content (AvgIpc) is 2.82. The summed E-state index contributed by atoms with van der Waals surface area (Å²) in [5.74, 6) is 0.279. The molecule has 22 heavy (non-hydrogen) atoms. The van der Waals surface area contributed by atoms with Crippen LogP contribution in [0.1, 0.15) is 18.1 Å². The van der Waals surface area contributed by atoms with E-state index >= 15 is 0 Å². The summed E-state index contributed by atoms with van der Waals surface area (Å²) in [5, 5.41) is 15.7. The number of sulfone groups is 1. The molecular weight excluding hydrogens is 328 g/mol. The molecule has 1 aromatic rings. The summed E-state index contributed by atoms with van der Waals surface area (Å²) in [7, 11) is -2.93. The molecule has 0 spiro atoms. The van der Waals surface area contributed by atoms with Crippen molar-refractivity contribution in [3.63, 3.8) is 0 Å². The molecule has 1 saturated heterocycles. The highest BCUT2D eigenvalue weighted by atomic mass is 35.5. The van der Waals surface area contributed by atoms with Crippen LogP contribution in [0.25, 0.3) is 0 Å². The first-order valence-corrected chi connectivity index (χ1v) is 9.21. The number of carbonyl (C=O) groups excluding carboxylic acids is 1. The number of rotatable bonds is 5. The van der Waals surface area contributed by atoms with Gasteiger partial charge in [0.1, 0.15) is 0 Å². The van der Waals surface area contributed by atoms with Gasteiger partial charge in [0.05, 0.1) is 17.6 Å². The third-order valence-corrected chi connectivity index (χ3v) is 5.64. The van der Waals surface area contributed by atoms with Crippen molar-refractivity contribution in [2.24, 2.45) is 5.92 Å². The van der Waals surface area contributed by atoms with Crippen molar-refractivity contribution in [3.8, 4) is 0 Å². The summed E-state index contributed by atoms with van der Waals surface area (Å²) in [4.78, 5) is 11.7. The quantitative estimate of drug-likeness (QED) is 0.744. The predicted octanol–water partition coefficient (Wildman–Crippen LogP) is 1.11. The number of halogens is 1. The lowest BCUT2D eigenvalue weighted by Gasteiger charge is -2.14. The minimum Gasteiger partial charge on any atom is -0.387 e. The Morgan fingerprint density at radius 3 is 2.82 bits per heavy atom. The van der Waals surface area contributed by atoms with Crippen LogP contribution in [0.2, 0.25) is 5.02 Å². The van der Waals surface area contributed by atoms with Gasteiger partial charge in [-0.3, -0.25) is 0 Å². The average molecular weight is 347 g/mol. The van der Waals surface area contributed by atoms with E-state index in [1.165, 1.54) is 0 Å². The minimum absolute atomic E-state index is 0.0337. The Balaban J connectivity index is 1.71. The second kappa shape index (κ2) is 7.30. The van der Waals surface area contributed by atoms with Crippen molar-refractivity contribution in [3.05, 3.63) is 34.9 Å². The Labute approximate surface area is 134 Å². The normalized spacial score (nSPS) is 21.3. The van der Waals surface area contributed by atoms with Gasteiger partial charge in [0.15, 0.2) is 9.84 Å². The monoisotopic (exact) mass is 346 g/mol. The molecule has 8 heteroatoms. The van der Waals surface area contributed by atoms with Crippen molar-refractivity contribution in [2.75, 3.05) is 24.6 Å². The summed E-state index contributed by atoms with van der Waals surface area (Å²) in [6.45, 7) is 0.369. The standard InChI is InChI=1S/C14H19ClN2O4S/c15-12-3-1-2-11(6-12)13(18)8-17-14(19)16-7-10-4-5-22(20,21)9-10/h1-3,6,10,13,18H,4-5,7-9H2,(H2,16,17,19)/t10-,13-/m1/s1. The van der Waals surface area contributed by atoms with E-state index in [-0.39, 0.29) is 24.0 Å². The van der Waals surface area contributed by atoms with E-state index in [0.717, 1.165) is 0 Å². The van der Waals surface area contributed by atoms with E-state index in [1.807, 2.05) is 0 Å². The Morgan fingerprint density at radius 2 is 2.18 bits per heavy atom. The zero-order valence-electron chi connectivity index (χ0n) is 12.0. The van der Waals surface area contributed by atoms with Crippen LogP contribution < -0.4 is 10.6 Å². The summed E-state index contributed by atoms with van der Waals surface area (Å²) < 4.78 is 22.6. The van der Waals surface area contributed by atoms with Crippen LogP contribution in [0.3, 0.4) is 0 Å². The molecular formula is C14H19ClN2O4S. The maximum Gasteiger partial charge on any atom is 0.314 e. The third-order valence-electron chi connectivity index (χ3n) is 3.57. The van der Waals surface area contributed by atoms with Crippen LogP contribution in [-0.4, -0.2) is 44.2 Å². The van der Waals surface area contributed by atoms with E-state index in [9.17, 15) is 18.3 Å². The van der Waals surface area contributed by atoms with E-state index < -0.39 is 22.0 Å². The van der Waals surface area contributed by atoms with Gasteiger partial charge in [-0.15, -0.1) is 0 Å². The molecule has 0 saturated carbocycles. The fourth-order valence-corrected chi connectivity index (χ4v) is 4.41. The first-order valence-electron chi connectivity index (χ1n) is 7.01. The van der Waals surface area contributed by atoms with Gasteiger partial charge < -0.3 is 15.7 Å². The molecule has 3 N–H and O–H groups in total. The van der Waals surface area contributed by atoms with Crippen LogP contribution in [0.4, 0.5) is 4.79 Å². The highest BCUT2D eigenvalue weighted by molar-refractivity contribution is 7.91. The molecule has 0 aliphatic carbocycles. The zero-order chi connectivity index (χ0) is 16.2. The molecule has 2 amide bonds. The van der Waals surface area contributed by atoms with Crippen LogP contribution in [0, 0.1) is 5.92 Å². The van der Waals surface area contributed by atoms with Crippen LogP contribution >= 0.6 is 11.6 Å². The lowest BCUT2D eigenvalue weighted by Crippen LogP contribution is -2.40. The molecule has 2 atom stereocenters. The van der Waals surface area contributed by atoms with Crippen molar-refractivity contribution >= 4 is 27.5 Å². The highest BCUT2D eigenvalue weighted by Crippen LogP contribution is 2.18. The molecule has 1 fully saturated rings. The number of benzene rings is 1. The Kier molecular flexibility index (Phi) is 5.66. The van der Waals surface area contributed by atoms with E-state index in [4.69, 9.17) is 11.6 Å². The molecule has 1 aliphatic rings. The summed E-state index contributed by atoms with van der Waals surface area (Å²) in [6.07, 6.45) is -0.274. The van der Waals surface area contributed by atoms with Crippen LogP contribution in [0.15, 0.2) is 24.3 Å². The molecule has 1 heterocycles. The van der Waals surface area contributed by atoms with Gasteiger partial charge in [-0.2, -0.15) is 0 Å². The van der Waals surface area contributed by atoms with E-state index in [1.54, 1.807) is 24.3 Å². The number of aliphatic hydroxyl groups excluding tert-OH is 1. The topological polar surface area (TPSA) is 95.5 Å². The van der Waals surface area contributed by atoms with E-state index in [0.29, 0.717) is 23.6 Å². The van der Waals surface area contributed by atoms with Crippen LogP contribution in [0.5, 0.6) is 0 Å². The van der Waals surface area contributed by atoms with Crippen LogP contribution in [-0.2, 0) is 9.84 Å². The maximum absolute atomic E-state index is 11.7. The fourth-order valence-electron chi connectivity index (χ4n) is 2.35. The van der Waals surface area contributed by atoms with Gasteiger partial charge in [-0.25, -0.2) is 13.2 Å². The molecule has 1 aromatic carbocycles. The van der Waals surface area contributed by atoms with Gasteiger partial charge in [0, 0.05) is 18.1 Å². The minimum atomic E-state index is -2.93. The number of aliphatic hydroxyl groups is 1. The van der Waals surface area contributed by atoms with E-state index in [2.05, 4.69) is 10.6 Å². The third kappa shape index (κ3) is 5.15. The Bertz CT molecular complexity index is 635. The molecule has 0 unspecified atom stereocenters. The van der Waals surface area contributed by atoms with Gasteiger partial charge in [-0.05, 0) is 30.0 Å². The fraction of sp³-hybridized carbons (Fsp3) is 0.500. The van der Waals surface area contributed by atoms with Gasteiger partial charge >= 0.3 is 6.03 Å². The second-order valence-corrected chi connectivity index (χ2v) is 8.10. The summed E-state index contributed by atoms with van der Waals surface area (Å²) in [6, 6.07) is 6.36. The smallest absolute Gasteiger partial charge is 0.314 e. The van der Waals surface area contributed by atoms with Crippen molar-refractivity contribution in [1.29, 1.82) is 0 Å². The highest BCUT2D eigenvalue weighted by Gasteiger charge is 2.27. The Morgan fingerprint density at radius 1 is 1.41 bits per heavy atom. The van der Waals surface area contributed by atoms with Gasteiger partial charge in [0.2, 0.25) is 0 Å².